The molecule has 1 unspecified atom stereocenters. The van der Waals surface area contributed by atoms with Gasteiger partial charge in [0.15, 0.2) is 0 Å². The molecule has 22 heavy (non-hydrogen) atoms. The molecular formula is C18H21N3O. The summed E-state index contributed by atoms with van der Waals surface area (Å²) in [5.41, 5.74) is 3.37. The van der Waals surface area contributed by atoms with Crippen LogP contribution in [0.25, 0.3) is 21.8 Å². The van der Waals surface area contributed by atoms with Gasteiger partial charge in [-0.1, -0.05) is 19.1 Å². The molecule has 3 aromatic rings. The number of nitrogens with zero attached hydrogens (tertiary/aromatic N) is 1. The molecule has 0 spiro atoms. The van der Waals surface area contributed by atoms with Crippen molar-refractivity contribution in [3.63, 3.8) is 0 Å². The van der Waals surface area contributed by atoms with Gasteiger partial charge in [-0.15, -0.1) is 0 Å². The lowest BCUT2D eigenvalue weighted by molar-refractivity contribution is -0.121. The van der Waals surface area contributed by atoms with E-state index in [0.29, 0.717) is 6.42 Å². The maximum absolute atomic E-state index is 11.9. The maximum atomic E-state index is 11.9. The van der Waals surface area contributed by atoms with Crippen molar-refractivity contribution in [1.82, 2.24) is 15.3 Å². The molecule has 2 heterocycles. The Kier molecular flexibility index (Phi) is 4.09. The van der Waals surface area contributed by atoms with Crippen molar-refractivity contribution in [3.8, 4) is 0 Å². The number of carbonyl (C=O) groups excluding carboxylic acids is 1. The van der Waals surface area contributed by atoms with Crippen molar-refractivity contribution < 1.29 is 4.79 Å². The summed E-state index contributed by atoms with van der Waals surface area (Å²) in [6.07, 6.45) is 5.91. The molecule has 0 aliphatic rings. The van der Waals surface area contributed by atoms with Gasteiger partial charge in [0.05, 0.1) is 0 Å². The minimum atomic E-state index is 0.121. The summed E-state index contributed by atoms with van der Waals surface area (Å²) < 4.78 is 0. The van der Waals surface area contributed by atoms with Gasteiger partial charge in [0.2, 0.25) is 5.91 Å². The van der Waals surface area contributed by atoms with Crippen molar-refractivity contribution in [2.24, 2.45) is 0 Å². The van der Waals surface area contributed by atoms with Gasteiger partial charge in [-0.3, -0.25) is 9.78 Å². The van der Waals surface area contributed by atoms with Crippen LogP contribution in [0, 0.1) is 0 Å². The zero-order chi connectivity index (χ0) is 15.5. The number of aromatic nitrogens is 2. The van der Waals surface area contributed by atoms with Crippen LogP contribution >= 0.6 is 0 Å². The minimum Gasteiger partial charge on any atom is -0.354 e. The first kappa shape index (κ1) is 14.6. The van der Waals surface area contributed by atoms with Gasteiger partial charge < -0.3 is 10.3 Å². The lowest BCUT2D eigenvalue weighted by Gasteiger charge is -2.11. The van der Waals surface area contributed by atoms with Gasteiger partial charge >= 0.3 is 0 Å². The van der Waals surface area contributed by atoms with Gasteiger partial charge in [-0.2, -0.15) is 0 Å². The number of fused-ring (bicyclic) bond motifs is 3. The third-order valence-corrected chi connectivity index (χ3v) is 4.13. The van der Waals surface area contributed by atoms with E-state index in [4.69, 9.17) is 0 Å². The second-order valence-corrected chi connectivity index (χ2v) is 5.80. The van der Waals surface area contributed by atoms with E-state index in [0.717, 1.165) is 29.3 Å². The molecule has 114 valence electrons. The smallest absolute Gasteiger partial charge is 0.220 e. The number of aromatic amines is 1. The Bertz CT molecular complexity index is 806. The van der Waals surface area contributed by atoms with Crippen LogP contribution in [-0.4, -0.2) is 21.9 Å². The number of rotatable bonds is 5. The van der Waals surface area contributed by atoms with Crippen LogP contribution in [0.5, 0.6) is 0 Å². The molecule has 1 atom stereocenters. The summed E-state index contributed by atoms with van der Waals surface area (Å²) in [5.74, 6) is 0.121. The molecule has 4 nitrogen and oxygen atoms in total. The summed E-state index contributed by atoms with van der Waals surface area (Å²) in [4.78, 5) is 19.4. The van der Waals surface area contributed by atoms with E-state index in [1.54, 1.807) is 6.20 Å². The topological polar surface area (TPSA) is 57.8 Å². The monoisotopic (exact) mass is 295 g/mol. The van der Waals surface area contributed by atoms with E-state index in [2.05, 4.69) is 40.4 Å². The molecule has 0 saturated heterocycles. The van der Waals surface area contributed by atoms with Crippen molar-refractivity contribution in [2.75, 3.05) is 0 Å². The van der Waals surface area contributed by atoms with Crippen LogP contribution in [-0.2, 0) is 11.2 Å². The fourth-order valence-electron chi connectivity index (χ4n) is 2.66. The Morgan fingerprint density at radius 3 is 2.95 bits per heavy atom. The van der Waals surface area contributed by atoms with Gasteiger partial charge in [-0.05, 0) is 37.5 Å². The van der Waals surface area contributed by atoms with Crippen molar-refractivity contribution in [1.29, 1.82) is 0 Å². The number of benzene rings is 1. The minimum absolute atomic E-state index is 0.121. The Hall–Kier alpha value is -2.36. The predicted molar refractivity (Wildman–Crippen MR) is 89.8 cm³/mol. The van der Waals surface area contributed by atoms with E-state index in [9.17, 15) is 4.79 Å². The second-order valence-electron chi connectivity index (χ2n) is 5.80. The molecule has 0 aliphatic heterocycles. The summed E-state index contributed by atoms with van der Waals surface area (Å²) in [6, 6.07) is 8.56. The van der Waals surface area contributed by atoms with E-state index in [1.807, 2.05) is 19.2 Å². The van der Waals surface area contributed by atoms with Crippen LogP contribution in [0.4, 0.5) is 0 Å². The van der Waals surface area contributed by atoms with E-state index in [1.165, 1.54) is 10.9 Å². The molecule has 4 heteroatoms. The molecule has 2 aromatic heterocycles. The van der Waals surface area contributed by atoms with Crippen LogP contribution < -0.4 is 5.32 Å². The largest absolute Gasteiger partial charge is 0.354 e. The lowest BCUT2D eigenvalue weighted by Crippen LogP contribution is -2.31. The van der Waals surface area contributed by atoms with E-state index >= 15 is 0 Å². The molecule has 0 fully saturated rings. The Balaban J connectivity index is 1.75. The molecule has 0 aliphatic carbocycles. The van der Waals surface area contributed by atoms with Crippen LogP contribution in [0.15, 0.2) is 36.7 Å². The van der Waals surface area contributed by atoms with Gasteiger partial charge in [0.1, 0.15) is 0 Å². The van der Waals surface area contributed by atoms with Gasteiger partial charge in [-0.25, -0.2) is 0 Å². The predicted octanol–water partition coefficient (Wildman–Crippen LogP) is 3.56. The number of amides is 1. The average molecular weight is 295 g/mol. The zero-order valence-electron chi connectivity index (χ0n) is 13.0. The highest BCUT2D eigenvalue weighted by atomic mass is 16.1. The molecule has 3 rings (SSSR count). The Morgan fingerprint density at radius 1 is 1.27 bits per heavy atom. The van der Waals surface area contributed by atoms with Gasteiger partial charge in [0.25, 0.3) is 0 Å². The first-order chi connectivity index (χ1) is 10.7. The number of pyridine rings is 1. The average Bonchev–Trinajstić information content (AvgIpc) is 2.90. The normalized spacial score (nSPS) is 12.6. The molecule has 2 N–H and O–H groups in total. The molecule has 1 aromatic carbocycles. The first-order valence-electron chi connectivity index (χ1n) is 7.81. The third kappa shape index (κ3) is 2.96. The number of nitrogens with one attached hydrogen (secondary N) is 2. The van der Waals surface area contributed by atoms with Crippen LogP contribution in [0.2, 0.25) is 0 Å². The third-order valence-electron chi connectivity index (χ3n) is 4.13. The Labute approximate surface area is 129 Å². The summed E-state index contributed by atoms with van der Waals surface area (Å²) >= 11 is 0. The highest BCUT2D eigenvalue weighted by molar-refractivity contribution is 6.06. The number of hydrogen-bond donors (Lipinski definition) is 2. The molecule has 0 saturated carbocycles. The van der Waals surface area contributed by atoms with Crippen LogP contribution in [0.1, 0.15) is 32.3 Å². The summed E-state index contributed by atoms with van der Waals surface area (Å²) in [6.45, 7) is 4.10. The van der Waals surface area contributed by atoms with Crippen molar-refractivity contribution in [2.45, 2.75) is 39.2 Å². The summed E-state index contributed by atoms with van der Waals surface area (Å²) in [7, 11) is 0. The SMILES string of the molecule is CCC(C)NC(=O)CCc1ccc2c(c1)[nH]c1ccncc12. The van der Waals surface area contributed by atoms with Crippen molar-refractivity contribution in [3.05, 3.63) is 42.2 Å². The number of H-pyrrole nitrogens is 1. The molecule has 1 amide bonds. The maximum Gasteiger partial charge on any atom is 0.220 e. The van der Waals surface area contributed by atoms with Crippen molar-refractivity contribution >= 4 is 27.7 Å². The van der Waals surface area contributed by atoms with E-state index < -0.39 is 0 Å². The quantitative estimate of drug-likeness (QED) is 0.756. The molecular weight excluding hydrogens is 274 g/mol. The number of aryl methyl sites for hydroxylation is 1. The van der Waals surface area contributed by atoms with E-state index in [-0.39, 0.29) is 11.9 Å². The number of carbonyl (C=O) groups is 1. The van der Waals surface area contributed by atoms with Gasteiger partial charge in [0, 0.05) is 46.7 Å². The Morgan fingerprint density at radius 2 is 2.14 bits per heavy atom. The fourth-order valence-corrected chi connectivity index (χ4v) is 2.66. The first-order valence-corrected chi connectivity index (χ1v) is 7.81. The molecule has 0 radical (unpaired) electrons. The zero-order valence-corrected chi connectivity index (χ0v) is 13.0. The second kappa shape index (κ2) is 6.18. The summed E-state index contributed by atoms with van der Waals surface area (Å²) in [5, 5.41) is 5.32. The fraction of sp³-hybridized carbons (Fsp3) is 0.333. The standard InChI is InChI=1S/C18H21N3O/c1-3-12(2)20-18(22)7-5-13-4-6-14-15-11-19-9-8-16(15)21-17(14)10-13/h4,6,8-12,21H,3,5,7H2,1-2H3,(H,20,22). The highest BCUT2D eigenvalue weighted by Gasteiger charge is 2.08. The molecule has 0 bridgehead atoms. The lowest BCUT2D eigenvalue weighted by atomic mass is 10.1. The van der Waals surface area contributed by atoms with Crippen LogP contribution in [0.3, 0.4) is 0 Å². The number of hydrogen-bond acceptors (Lipinski definition) is 2. The highest BCUT2D eigenvalue weighted by Crippen LogP contribution is 2.25.